The number of methoxy groups -OCH3 is 1. The molecule has 1 aromatic carbocycles. The lowest BCUT2D eigenvalue weighted by atomic mass is 9.89. The first-order valence-electron chi connectivity index (χ1n) is 8.70. The highest BCUT2D eigenvalue weighted by Gasteiger charge is 2.14. The predicted molar refractivity (Wildman–Crippen MR) is 91.6 cm³/mol. The van der Waals surface area contributed by atoms with Crippen LogP contribution in [-0.4, -0.2) is 20.3 Å². The van der Waals surface area contributed by atoms with Crippen molar-refractivity contribution < 1.29 is 9.47 Å². The van der Waals surface area contributed by atoms with Gasteiger partial charge in [0.25, 0.3) is 0 Å². The Morgan fingerprint density at radius 2 is 1.95 bits per heavy atom. The number of ether oxygens (including phenoxy) is 2. The Kier molecular flexibility index (Phi) is 7.04. The first-order valence-corrected chi connectivity index (χ1v) is 8.70. The molecular weight excluding hydrogens is 274 g/mol. The zero-order chi connectivity index (χ0) is 15.8. The lowest BCUT2D eigenvalue weighted by molar-refractivity contribution is 0.253. The summed E-state index contributed by atoms with van der Waals surface area (Å²) in [4.78, 5) is 0. The second-order valence-electron chi connectivity index (χ2n) is 6.79. The molecule has 0 radical (unpaired) electrons. The summed E-state index contributed by atoms with van der Waals surface area (Å²) in [6.07, 6.45) is 6.96. The summed E-state index contributed by atoms with van der Waals surface area (Å²) in [5, 5.41) is 3.62. The molecule has 1 fully saturated rings. The maximum atomic E-state index is 6.00. The van der Waals surface area contributed by atoms with Crippen LogP contribution in [0.2, 0.25) is 0 Å². The zero-order valence-corrected chi connectivity index (χ0v) is 14.4. The fourth-order valence-corrected chi connectivity index (χ4v) is 3.08. The molecule has 1 saturated carbocycles. The van der Waals surface area contributed by atoms with Gasteiger partial charge in [0, 0.05) is 12.1 Å². The van der Waals surface area contributed by atoms with E-state index >= 15 is 0 Å². The molecule has 0 saturated heterocycles. The average Bonchev–Trinajstić information content (AvgIpc) is 2.54. The SMILES string of the molecule is COc1cccc(CNCC2CCCCC2)c1OCC(C)C. The number of nitrogens with one attached hydrogen (secondary N) is 1. The second-order valence-corrected chi connectivity index (χ2v) is 6.79. The molecule has 1 N–H and O–H groups in total. The summed E-state index contributed by atoms with van der Waals surface area (Å²) in [5.41, 5.74) is 1.19. The lowest BCUT2D eigenvalue weighted by Crippen LogP contribution is -2.24. The number of benzene rings is 1. The van der Waals surface area contributed by atoms with Crippen molar-refractivity contribution in [2.75, 3.05) is 20.3 Å². The lowest BCUT2D eigenvalue weighted by Gasteiger charge is -2.22. The first kappa shape index (κ1) is 17.1. The van der Waals surface area contributed by atoms with Crippen molar-refractivity contribution in [3.63, 3.8) is 0 Å². The molecule has 1 aromatic rings. The Morgan fingerprint density at radius 3 is 2.64 bits per heavy atom. The highest BCUT2D eigenvalue weighted by Crippen LogP contribution is 2.31. The fraction of sp³-hybridized carbons (Fsp3) is 0.684. The van der Waals surface area contributed by atoms with Crippen molar-refractivity contribution in [2.24, 2.45) is 11.8 Å². The van der Waals surface area contributed by atoms with Gasteiger partial charge >= 0.3 is 0 Å². The van der Waals surface area contributed by atoms with Gasteiger partial charge in [0.1, 0.15) is 0 Å². The van der Waals surface area contributed by atoms with Crippen molar-refractivity contribution in [1.82, 2.24) is 5.32 Å². The van der Waals surface area contributed by atoms with E-state index in [1.807, 2.05) is 12.1 Å². The maximum absolute atomic E-state index is 6.00. The molecule has 3 nitrogen and oxygen atoms in total. The molecule has 124 valence electrons. The Labute approximate surface area is 135 Å². The standard InChI is InChI=1S/C19H31NO2/c1-15(2)14-22-19-17(10-7-11-18(19)21-3)13-20-12-16-8-5-4-6-9-16/h7,10-11,15-16,20H,4-6,8-9,12-14H2,1-3H3. The third-order valence-corrected chi connectivity index (χ3v) is 4.31. The molecule has 0 spiro atoms. The third-order valence-electron chi connectivity index (χ3n) is 4.31. The number of hydrogen-bond donors (Lipinski definition) is 1. The van der Waals surface area contributed by atoms with Gasteiger partial charge in [0.2, 0.25) is 0 Å². The molecule has 2 rings (SSSR count). The monoisotopic (exact) mass is 305 g/mol. The van der Waals surface area contributed by atoms with Crippen LogP contribution < -0.4 is 14.8 Å². The summed E-state index contributed by atoms with van der Waals surface area (Å²) in [6, 6.07) is 6.14. The van der Waals surface area contributed by atoms with Crippen LogP contribution in [-0.2, 0) is 6.54 Å². The second kappa shape index (κ2) is 9.04. The minimum atomic E-state index is 0.507. The number of para-hydroxylation sites is 1. The maximum Gasteiger partial charge on any atom is 0.165 e. The summed E-state index contributed by atoms with van der Waals surface area (Å²) >= 11 is 0. The van der Waals surface area contributed by atoms with Crippen LogP contribution in [0.15, 0.2) is 18.2 Å². The van der Waals surface area contributed by atoms with Gasteiger partial charge in [-0.2, -0.15) is 0 Å². The molecule has 1 aliphatic carbocycles. The normalized spacial score (nSPS) is 16.0. The quantitative estimate of drug-likeness (QED) is 0.772. The average molecular weight is 305 g/mol. The minimum absolute atomic E-state index is 0.507. The van der Waals surface area contributed by atoms with E-state index < -0.39 is 0 Å². The molecule has 1 aliphatic rings. The minimum Gasteiger partial charge on any atom is -0.493 e. The van der Waals surface area contributed by atoms with Crippen molar-refractivity contribution >= 4 is 0 Å². The topological polar surface area (TPSA) is 30.5 Å². The Morgan fingerprint density at radius 1 is 1.18 bits per heavy atom. The van der Waals surface area contributed by atoms with E-state index in [-0.39, 0.29) is 0 Å². The van der Waals surface area contributed by atoms with E-state index in [9.17, 15) is 0 Å². The van der Waals surface area contributed by atoms with Crippen molar-refractivity contribution in [1.29, 1.82) is 0 Å². The molecule has 0 aromatic heterocycles. The van der Waals surface area contributed by atoms with Crippen LogP contribution in [0.1, 0.15) is 51.5 Å². The van der Waals surface area contributed by atoms with E-state index in [1.165, 1.54) is 37.7 Å². The van der Waals surface area contributed by atoms with Gasteiger partial charge in [-0.15, -0.1) is 0 Å². The molecular formula is C19H31NO2. The Balaban J connectivity index is 1.93. The zero-order valence-electron chi connectivity index (χ0n) is 14.4. The highest BCUT2D eigenvalue weighted by atomic mass is 16.5. The van der Waals surface area contributed by atoms with Gasteiger partial charge in [0.05, 0.1) is 13.7 Å². The largest absolute Gasteiger partial charge is 0.493 e. The van der Waals surface area contributed by atoms with E-state index in [0.29, 0.717) is 5.92 Å². The van der Waals surface area contributed by atoms with Crippen LogP contribution in [0.4, 0.5) is 0 Å². The molecule has 0 heterocycles. The molecule has 0 aliphatic heterocycles. The van der Waals surface area contributed by atoms with Crippen LogP contribution in [0.3, 0.4) is 0 Å². The van der Waals surface area contributed by atoms with Gasteiger partial charge in [-0.05, 0) is 37.3 Å². The van der Waals surface area contributed by atoms with Crippen LogP contribution in [0.25, 0.3) is 0 Å². The van der Waals surface area contributed by atoms with E-state index in [0.717, 1.165) is 37.1 Å². The molecule has 0 atom stereocenters. The number of hydrogen-bond acceptors (Lipinski definition) is 3. The van der Waals surface area contributed by atoms with Crippen molar-refractivity contribution in [3.05, 3.63) is 23.8 Å². The van der Waals surface area contributed by atoms with Crippen LogP contribution in [0, 0.1) is 11.8 Å². The summed E-state index contributed by atoms with van der Waals surface area (Å²) in [5.74, 6) is 3.08. The number of rotatable bonds is 8. The van der Waals surface area contributed by atoms with Crippen molar-refractivity contribution in [2.45, 2.75) is 52.5 Å². The molecule has 0 bridgehead atoms. The van der Waals surface area contributed by atoms with Gasteiger partial charge in [0.15, 0.2) is 11.5 Å². The highest BCUT2D eigenvalue weighted by molar-refractivity contribution is 5.46. The third kappa shape index (κ3) is 5.20. The van der Waals surface area contributed by atoms with E-state index in [1.54, 1.807) is 7.11 Å². The van der Waals surface area contributed by atoms with Gasteiger partial charge in [-0.25, -0.2) is 0 Å². The fourth-order valence-electron chi connectivity index (χ4n) is 3.08. The van der Waals surface area contributed by atoms with E-state index in [4.69, 9.17) is 9.47 Å². The first-order chi connectivity index (χ1) is 10.7. The molecule has 0 unspecified atom stereocenters. The van der Waals surface area contributed by atoms with Crippen LogP contribution >= 0.6 is 0 Å². The Bertz CT molecular complexity index is 439. The van der Waals surface area contributed by atoms with Crippen molar-refractivity contribution in [3.8, 4) is 11.5 Å². The van der Waals surface area contributed by atoms with Gasteiger partial charge in [-0.1, -0.05) is 45.2 Å². The summed E-state index contributed by atoms with van der Waals surface area (Å²) in [6.45, 7) is 7.00. The summed E-state index contributed by atoms with van der Waals surface area (Å²) < 4.78 is 11.5. The molecule has 0 amide bonds. The smallest absolute Gasteiger partial charge is 0.165 e. The molecule has 22 heavy (non-hydrogen) atoms. The van der Waals surface area contributed by atoms with E-state index in [2.05, 4.69) is 25.2 Å². The molecule has 3 heteroatoms. The predicted octanol–water partition coefficient (Wildman–Crippen LogP) is 4.40. The van der Waals surface area contributed by atoms with Crippen LogP contribution in [0.5, 0.6) is 11.5 Å². The Hall–Kier alpha value is -1.22. The summed E-state index contributed by atoms with van der Waals surface area (Å²) in [7, 11) is 1.71. The van der Waals surface area contributed by atoms with Gasteiger partial charge in [-0.3, -0.25) is 0 Å². The van der Waals surface area contributed by atoms with Gasteiger partial charge < -0.3 is 14.8 Å².